The van der Waals surface area contributed by atoms with Crippen molar-refractivity contribution in [3.05, 3.63) is 75.8 Å². The van der Waals surface area contributed by atoms with E-state index in [0.717, 1.165) is 22.2 Å². The van der Waals surface area contributed by atoms with Crippen molar-refractivity contribution < 1.29 is 4.79 Å². The van der Waals surface area contributed by atoms with Gasteiger partial charge in [-0.2, -0.15) is 0 Å². The lowest BCUT2D eigenvalue weighted by Crippen LogP contribution is -2.45. The summed E-state index contributed by atoms with van der Waals surface area (Å²) < 4.78 is 0.975. The number of carbonyl (C=O) groups excluding carboxylic acids is 1. The summed E-state index contributed by atoms with van der Waals surface area (Å²) in [4.78, 5) is 14.9. The van der Waals surface area contributed by atoms with E-state index in [1.165, 1.54) is 5.56 Å². The molecule has 0 saturated heterocycles. The van der Waals surface area contributed by atoms with Gasteiger partial charge < -0.3 is 4.90 Å². The zero-order valence-electron chi connectivity index (χ0n) is 13.6. The molecule has 0 unspecified atom stereocenters. The largest absolute Gasteiger partial charge is 0.369 e. The molecule has 118 valence electrons. The van der Waals surface area contributed by atoms with Gasteiger partial charge in [0, 0.05) is 40.0 Å². The Morgan fingerprint density at radius 1 is 1.13 bits per heavy atom. The topological polar surface area (TPSA) is 20.3 Å². The Morgan fingerprint density at radius 2 is 1.78 bits per heavy atom. The minimum absolute atomic E-state index is 0.0137. The molecule has 0 N–H and O–H groups in total. The number of nitrogens with zero attached hydrogens (tertiary/aromatic N) is 1. The molecular weight excluding hydrogens is 350 g/mol. The second-order valence-electron chi connectivity index (χ2n) is 6.61. The first-order valence-electron chi connectivity index (χ1n) is 7.72. The van der Waals surface area contributed by atoms with Gasteiger partial charge in [0.15, 0.2) is 5.78 Å². The molecule has 0 spiro atoms. The van der Waals surface area contributed by atoms with Crippen LogP contribution < -0.4 is 0 Å². The summed E-state index contributed by atoms with van der Waals surface area (Å²) in [6.07, 6.45) is 2.74. The van der Waals surface area contributed by atoms with Crippen LogP contribution in [0.25, 0.3) is 5.70 Å². The summed E-state index contributed by atoms with van der Waals surface area (Å²) in [7, 11) is 2.07. The van der Waals surface area contributed by atoms with Crippen LogP contribution in [0.2, 0.25) is 0 Å². The van der Waals surface area contributed by atoms with Gasteiger partial charge in [-0.3, -0.25) is 4.79 Å². The molecule has 0 bridgehead atoms. The van der Waals surface area contributed by atoms with Gasteiger partial charge in [-0.1, -0.05) is 40.2 Å². The normalized spacial score (nSPS) is 17.9. The number of halogens is 1. The second-order valence-corrected chi connectivity index (χ2v) is 7.52. The maximum Gasteiger partial charge on any atom is 0.187 e. The highest BCUT2D eigenvalue weighted by molar-refractivity contribution is 9.10. The smallest absolute Gasteiger partial charge is 0.187 e. The second kappa shape index (κ2) is 5.97. The number of benzene rings is 2. The molecule has 1 aliphatic heterocycles. The first-order chi connectivity index (χ1) is 10.9. The fourth-order valence-corrected chi connectivity index (χ4v) is 3.28. The zero-order valence-corrected chi connectivity index (χ0v) is 15.2. The molecule has 0 amide bonds. The highest BCUT2D eigenvalue weighted by Crippen LogP contribution is 2.36. The molecule has 23 heavy (non-hydrogen) atoms. The number of ketones is 1. The molecule has 0 aliphatic carbocycles. The number of rotatable bonds is 2. The predicted octanol–water partition coefficient (Wildman–Crippen LogP) is 4.94. The first kappa shape index (κ1) is 16.0. The Kier molecular flexibility index (Phi) is 4.15. The molecule has 2 nitrogen and oxygen atoms in total. The maximum atomic E-state index is 12.7. The van der Waals surface area contributed by atoms with Crippen LogP contribution in [-0.4, -0.2) is 23.3 Å². The van der Waals surface area contributed by atoms with Gasteiger partial charge in [-0.05, 0) is 50.1 Å². The third-order valence-corrected chi connectivity index (χ3v) is 5.11. The maximum absolute atomic E-state index is 12.7. The molecular formula is C20H20BrNO. The Balaban J connectivity index is 2.06. The molecule has 1 heterocycles. The Bertz CT molecular complexity index is 774. The van der Waals surface area contributed by atoms with Crippen molar-refractivity contribution in [3.8, 4) is 0 Å². The summed E-state index contributed by atoms with van der Waals surface area (Å²) in [5.74, 6) is 0.0341. The SMILES string of the molecule is CN1C(=CC(=O)c2ccc(Br)cc2)c2ccccc2CC1(C)C. The van der Waals surface area contributed by atoms with Gasteiger partial charge in [0.05, 0.1) is 0 Å². The van der Waals surface area contributed by atoms with Gasteiger partial charge in [-0.15, -0.1) is 0 Å². The summed E-state index contributed by atoms with van der Waals surface area (Å²) in [5, 5.41) is 0. The number of hydrogen-bond donors (Lipinski definition) is 0. The van der Waals surface area contributed by atoms with Crippen LogP contribution in [0.15, 0.2) is 59.1 Å². The first-order valence-corrected chi connectivity index (χ1v) is 8.51. The fourth-order valence-electron chi connectivity index (χ4n) is 3.01. The number of fused-ring (bicyclic) bond motifs is 1. The minimum Gasteiger partial charge on any atom is -0.369 e. The molecule has 3 rings (SSSR count). The highest BCUT2D eigenvalue weighted by Gasteiger charge is 2.33. The summed E-state index contributed by atoms with van der Waals surface area (Å²) in [5.41, 5.74) is 4.13. The quantitative estimate of drug-likeness (QED) is 0.551. The van der Waals surface area contributed by atoms with Crippen LogP contribution in [0.5, 0.6) is 0 Å². The van der Waals surface area contributed by atoms with Crippen LogP contribution in [0.3, 0.4) is 0 Å². The average Bonchev–Trinajstić information content (AvgIpc) is 2.52. The van der Waals surface area contributed by atoms with Gasteiger partial charge in [0.25, 0.3) is 0 Å². The molecule has 0 atom stereocenters. The minimum atomic E-state index is -0.0137. The average molecular weight is 370 g/mol. The van der Waals surface area contributed by atoms with E-state index in [9.17, 15) is 4.79 Å². The van der Waals surface area contributed by atoms with E-state index in [2.05, 4.69) is 59.9 Å². The lowest BCUT2D eigenvalue weighted by atomic mass is 9.84. The monoisotopic (exact) mass is 369 g/mol. The number of hydrogen-bond acceptors (Lipinski definition) is 2. The summed E-state index contributed by atoms with van der Waals surface area (Å²) in [6.45, 7) is 4.42. The van der Waals surface area contributed by atoms with Crippen molar-refractivity contribution >= 4 is 27.4 Å². The zero-order chi connectivity index (χ0) is 16.6. The number of likely N-dealkylation sites (N-methyl/N-ethyl adjacent to an activating group) is 1. The van der Waals surface area contributed by atoms with E-state index in [-0.39, 0.29) is 11.3 Å². The van der Waals surface area contributed by atoms with Gasteiger partial charge in [-0.25, -0.2) is 0 Å². The summed E-state index contributed by atoms with van der Waals surface area (Å²) >= 11 is 3.40. The van der Waals surface area contributed by atoms with Crippen LogP contribution in [0.4, 0.5) is 0 Å². The standard InChI is InChI=1S/C20H20BrNO/c1-20(2)13-15-6-4-5-7-17(15)18(22(20)3)12-19(23)14-8-10-16(21)11-9-14/h4-12H,13H2,1-3H3. The van der Waals surface area contributed by atoms with Crippen molar-refractivity contribution in [2.75, 3.05) is 7.05 Å². The third-order valence-electron chi connectivity index (χ3n) is 4.58. The fraction of sp³-hybridized carbons (Fsp3) is 0.250. The van der Waals surface area contributed by atoms with Crippen molar-refractivity contribution in [3.63, 3.8) is 0 Å². The van der Waals surface area contributed by atoms with Gasteiger partial charge in [0.2, 0.25) is 0 Å². The molecule has 3 heteroatoms. The van der Waals surface area contributed by atoms with Gasteiger partial charge in [0.1, 0.15) is 0 Å². The van der Waals surface area contributed by atoms with E-state index < -0.39 is 0 Å². The van der Waals surface area contributed by atoms with Crippen molar-refractivity contribution in [1.29, 1.82) is 0 Å². The molecule has 0 aromatic heterocycles. The van der Waals surface area contributed by atoms with E-state index in [1.807, 2.05) is 30.3 Å². The van der Waals surface area contributed by atoms with Crippen LogP contribution in [0, 0.1) is 0 Å². The van der Waals surface area contributed by atoms with E-state index in [1.54, 1.807) is 6.08 Å². The Morgan fingerprint density at radius 3 is 2.48 bits per heavy atom. The van der Waals surface area contributed by atoms with Crippen molar-refractivity contribution in [2.45, 2.75) is 25.8 Å². The lowest BCUT2D eigenvalue weighted by molar-refractivity contribution is 0.104. The molecule has 0 saturated carbocycles. The lowest BCUT2D eigenvalue weighted by Gasteiger charge is -2.44. The van der Waals surface area contributed by atoms with Crippen LogP contribution in [0.1, 0.15) is 35.3 Å². The molecule has 2 aromatic rings. The van der Waals surface area contributed by atoms with Crippen LogP contribution in [-0.2, 0) is 6.42 Å². The van der Waals surface area contributed by atoms with Crippen LogP contribution >= 0.6 is 15.9 Å². The van der Waals surface area contributed by atoms with Crippen molar-refractivity contribution in [1.82, 2.24) is 4.90 Å². The van der Waals surface area contributed by atoms with Gasteiger partial charge >= 0.3 is 0 Å². The molecule has 0 radical (unpaired) electrons. The van der Waals surface area contributed by atoms with Crippen molar-refractivity contribution in [2.24, 2.45) is 0 Å². The Hall–Kier alpha value is -1.87. The molecule has 2 aromatic carbocycles. The van der Waals surface area contributed by atoms with E-state index in [0.29, 0.717) is 5.56 Å². The Labute approximate surface area is 146 Å². The molecule has 0 fully saturated rings. The third kappa shape index (κ3) is 3.11. The highest BCUT2D eigenvalue weighted by atomic mass is 79.9. The molecule has 1 aliphatic rings. The summed E-state index contributed by atoms with van der Waals surface area (Å²) in [6, 6.07) is 15.8. The predicted molar refractivity (Wildman–Crippen MR) is 98.4 cm³/mol. The van der Waals surface area contributed by atoms with E-state index >= 15 is 0 Å². The van der Waals surface area contributed by atoms with E-state index in [4.69, 9.17) is 0 Å². The number of allylic oxidation sites excluding steroid dienone is 1. The number of carbonyl (C=O) groups is 1.